The number of hydrogen-bond donors (Lipinski definition) is 2. The van der Waals surface area contributed by atoms with Gasteiger partial charge in [0.1, 0.15) is 11.6 Å². The summed E-state index contributed by atoms with van der Waals surface area (Å²) in [4.78, 5) is 39.0. The smallest absolute Gasteiger partial charge is 0.267 e. The second-order valence-electron chi connectivity index (χ2n) is 8.39. The Balaban J connectivity index is 1.39. The average molecular weight is 443 g/mol. The number of aryl methyl sites for hydroxylation is 1. The second-order valence-corrected chi connectivity index (χ2v) is 8.39. The minimum atomic E-state index is -2.87. The van der Waals surface area contributed by atoms with Crippen molar-refractivity contribution in [2.45, 2.75) is 44.7 Å². The van der Waals surface area contributed by atoms with Crippen LogP contribution in [0.2, 0.25) is 0 Å². The van der Waals surface area contributed by atoms with Crippen LogP contribution < -0.4 is 5.32 Å². The van der Waals surface area contributed by atoms with E-state index in [1.807, 2.05) is 13.1 Å². The van der Waals surface area contributed by atoms with Gasteiger partial charge in [0.05, 0.1) is 30.2 Å². The maximum absolute atomic E-state index is 13.6. The van der Waals surface area contributed by atoms with E-state index in [1.54, 1.807) is 17.1 Å². The first-order chi connectivity index (χ1) is 15.3. The van der Waals surface area contributed by atoms with Crippen molar-refractivity contribution in [3.63, 3.8) is 0 Å². The molecule has 3 aromatic heterocycles. The van der Waals surface area contributed by atoms with Crippen molar-refractivity contribution in [2.75, 3.05) is 13.1 Å². The van der Waals surface area contributed by atoms with E-state index in [4.69, 9.17) is 0 Å². The highest BCUT2D eigenvalue weighted by molar-refractivity contribution is 6.06. The molecule has 1 aliphatic carbocycles. The van der Waals surface area contributed by atoms with Gasteiger partial charge in [0.25, 0.3) is 11.8 Å². The van der Waals surface area contributed by atoms with Crippen molar-refractivity contribution in [2.24, 2.45) is 5.92 Å². The van der Waals surface area contributed by atoms with Crippen LogP contribution in [0, 0.1) is 5.92 Å². The lowest BCUT2D eigenvalue weighted by molar-refractivity contribution is -0.134. The van der Waals surface area contributed by atoms with Gasteiger partial charge < -0.3 is 15.2 Å². The number of fused-ring (bicyclic) bond motifs is 1. The van der Waals surface area contributed by atoms with Gasteiger partial charge in [0.15, 0.2) is 5.65 Å². The number of alkyl halides is 2. The number of nitrogens with zero attached hydrogens (tertiary/aromatic N) is 5. The fraction of sp³-hybridized carbons (Fsp3) is 0.476. The number of carbonyl (C=O) groups is 2. The zero-order valence-electron chi connectivity index (χ0n) is 17.5. The molecule has 4 heterocycles. The normalized spacial score (nSPS) is 18.8. The predicted molar refractivity (Wildman–Crippen MR) is 111 cm³/mol. The number of likely N-dealkylation sites (tertiary alicyclic amines) is 1. The van der Waals surface area contributed by atoms with Crippen LogP contribution in [0.15, 0.2) is 24.8 Å². The number of aromatic nitrogens is 5. The summed E-state index contributed by atoms with van der Waals surface area (Å²) in [7, 11) is 0. The van der Waals surface area contributed by atoms with E-state index in [0.29, 0.717) is 23.4 Å². The Kier molecular flexibility index (Phi) is 4.90. The molecule has 1 atom stereocenters. The second kappa shape index (κ2) is 7.64. The highest BCUT2D eigenvalue weighted by Crippen LogP contribution is 2.35. The van der Waals surface area contributed by atoms with Gasteiger partial charge in [-0.05, 0) is 25.7 Å². The Bertz CT molecular complexity index is 1180. The lowest BCUT2D eigenvalue weighted by atomic mass is 10.1. The summed E-state index contributed by atoms with van der Waals surface area (Å²) < 4.78 is 28.9. The van der Waals surface area contributed by atoms with Crippen LogP contribution in [-0.2, 0) is 11.3 Å². The van der Waals surface area contributed by atoms with Gasteiger partial charge in [-0.25, -0.2) is 18.7 Å². The van der Waals surface area contributed by atoms with Crippen molar-refractivity contribution in [1.29, 1.82) is 0 Å². The Morgan fingerprint density at radius 1 is 1.34 bits per heavy atom. The van der Waals surface area contributed by atoms with Crippen molar-refractivity contribution < 1.29 is 18.4 Å². The first-order valence-electron chi connectivity index (χ1n) is 10.7. The Labute approximate surface area is 182 Å². The van der Waals surface area contributed by atoms with Gasteiger partial charge in [-0.3, -0.25) is 14.3 Å². The molecule has 1 aliphatic heterocycles. The topological polar surface area (TPSA) is 109 Å². The number of amides is 2. The summed E-state index contributed by atoms with van der Waals surface area (Å²) in [6.07, 6.45) is 7.83. The third kappa shape index (κ3) is 3.82. The van der Waals surface area contributed by atoms with Crippen molar-refractivity contribution in [3.05, 3.63) is 30.4 Å². The van der Waals surface area contributed by atoms with E-state index in [0.717, 1.165) is 23.3 Å². The van der Waals surface area contributed by atoms with Gasteiger partial charge in [0.2, 0.25) is 5.91 Å². The molecule has 32 heavy (non-hydrogen) atoms. The van der Waals surface area contributed by atoms with E-state index in [1.165, 1.54) is 6.20 Å². The lowest BCUT2D eigenvalue weighted by Crippen LogP contribution is -2.49. The van der Waals surface area contributed by atoms with Crippen LogP contribution in [-0.4, -0.2) is 66.5 Å². The average Bonchev–Trinajstić information content (AvgIpc) is 3.19. The zero-order chi connectivity index (χ0) is 22.5. The number of carbonyl (C=O) groups excluding carboxylic acids is 2. The molecule has 5 rings (SSSR count). The van der Waals surface area contributed by atoms with Gasteiger partial charge in [-0.1, -0.05) is 0 Å². The molecule has 2 N–H and O–H groups in total. The third-order valence-electron chi connectivity index (χ3n) is 6.01. The molecule has 9 nitrogen and oxygen atoms in total. The Morgan fingerprint density at radius 2 is 2.16 bits per heavy atom. The van der Waals surface area contributed by atoms with E-state index in [9.17, 15) is 18.4 Å². The number of H-pyrrole nitrogens is 1. The van der Waals surface area contributed by atoms with E-state index in [-0.39, 0.29) is 24.4 Å². The van der Waals surface area contributed by atoms with Crippen LogP contribution >= 0.6 is 0 Å². The zero-order valence-corrected chi connectivity index (χ0v) is 17.5. The maximum atomic E-state index is 13.6. The Morgan fingerprint density at radius 3 is 2.81 bits per heavy atom. The molecule has 168 valence electrons. The van der Waals surface area contributed by atoms with Crippen molar-refractivity contribution in [1.82, 2.24) is 34.9 Å². The first-order valence-corrected chi connectivity index (χ1v) is 10.7. The molecule has 3 aromatic rings. The van der Waals surface area contributed by atoms with Gasteiger partial charge in [0, 0.05) is 37.5 Å². The van der Waals surface area contributed by atoms with Crippen LogP contribution in [0.25, 0.3) is 22.4 Å². The molecule has 0 aromatic carbocycles. The lowest BCUT2D eigenvalue weighted by Gasteiger charge is -2.24. The molecule has 0 spiro atoms. The van der Waals surface area contributed by atoms with Crippen molar-refractivity contribution in [3.8, 4) is 11.3 Å². The molecule has 2 aliphatic rings. The van der Waals surface area contributed by atoms with E-state index >= 15 is 0 Å². The van der Waals surface area contributed by atoms with Gasteiger partial charge in [-0.2, -0.15) is 5.10 Å². The molecule has 11 heteroatoms. The predicted octanol–water partition coefficient (Wildman–Crippen LogP) is 2.22. The quantitative estimate of drug-likeness (QED) is 0.607. The molecule has 2 fully saturated rings. The summed E-state index contributed by atoms with van der Waals surface area (Å²) in [5.41, 5.74) is 2.41. The van der Waals surface area contributed by atoms with Crippen LogP contribution in [0.4, 0.5) is 8.78 Å². The molecular weight excluding hydrogens is 420 g/mol. The minimum Gasteiger partial charge on any atom is -0.344 e. The first kappa shape index (κ1) is 20.5. The van der Waals surface area contributed by atoms with Crippen LogP contribution in [0.5, 0.6) is 0 Å². The van der Waals surface area contributed by atoms with Crippen LogP contribution in [0.3, 0.4) is 0 Å². The molecule has 0 unspecified atom stereocenters. The number of rotatable bonds is 6. The third-order valence-corrected chi connectivity index (χ3v) is 6.01. The number of halogens is 2. The van der Waals surface area contributed by atoms with E-state index in [2.05, 4.69) is 25.4 Å². The summed E-state index contributed by atoms with van der Waals surface area (Å²) in [6, 6.07) is -0.819. The number of aromatic amines is 1. The minimum absolute atomic E-state index is 0.00170. The monoisotopic (exact) mass is 443 g/mol. The molecule has 1 saturated heterocycles. The van der Waals surface area contributed by atoms with E-state index < -0.39 is 30.3 Å². The molecule has 0 bridgehead atoms. The van der Waals surface area contributed by atoms with Crippen LogP contribution in [0.1, 0.15) is 36.5 Å². The molecule has 2 amide bonds. The highest BCUT2D eigenvalue weighted by atomic mass is 19.3. The summed E-state index contributed by atoms with van der Waals surface area (Å²) >= 11 is 0. The summed E-state index contributed by atoms with van der Waals surface area (Å²) in [6.45, 7) is 2.09. The Hall–Kier alpha value is -3.37. The number of nitrogens with one attached hydrogen (secondary N) is 2. The molecular formula is C21H23F2N7O2. The highest BCUT2D eigenvalue weighted by Gasteiger charge is 2.45. The van der Waals surface area contributed by atoms with Gasteiger partial charge >= 0.3 is 0 Å². The molecule has 1 saturated carbocycles. The van der Waals surface area contributed by atoms with Gasteiger partial charge in [-0.15, -0.1) is 0 Å². The SMILES string of the molecule is CCn1cc(-c2cnc3[nH]cc(C(=O)N[C@@H](C(=O)N4CCC(F)(F)C4)C4CC4)c3n2)cn1. The fourth-order valence-electron chi connectivity index (χ4n) is 4.02. The summed E-state index contributed by atoms with van der Waals surface area (Å²) in [5, 5.41) is 7.01. The summed E-state index contributed by atoms with van der Waals surface area (Å²) in [5.74, 6) is -3.84. The number of hydrogen-bond acceptors (Lipinski definition) is 5. The fourth-order valence-corrected chi connectivity index (χ4v) is 4.02. The maximum Gasteiger partial charge on any atom is 0.267 e. The molecule has 0 radical (unpaired) electrons. The standard InChI is InChI=1S/C21H23F2N7O2/c1-2-30-10-13(7-26-30)15-9-25-18-17(27-15)14(8-24-18)19(31)28-16(12-3-4-12)20(32)29-6-5-21(22,23)11-29/h7-10,12,16H,2-6,11H2,1H3,(H,24,25)(H,28,31)/t16-/m1/s1. The van der Waals surface area contributed by atoms with Crippen molar-refractivity contribution >= 4 is 23.0 Å². The largest absolute Gasteiger partial charge is 0.344 e.